The molecule has 11 rings (SSSR count). The van der Waals surface area contributed by atoms with Crippen LogP contribution in [0.4, 0.5) is 0 Å². The summed E-state index contributed by atoms with van der Waals surface area (Å²) in [5.41, 5.74) is 7.31. The van der Waals surface area contributed by atoms with Crippen LogP contribution < -0.4 is 0 Å². The monoisotopic (exact) mass is 588 g/mol. The maximum absolute atomic E-state index is 2.50. The maximum Gasteiger partial charge on any atom is 0.0548 e. The molecule has 45 heavy (non-hydrogen) atoms. The third-order valence-corrected chi connectivity index (χ3v) is 10.9. The molecule has 11 aromatic rings. The summed E-state index contributed by atoms with van der Waals surface area (Å²) in [6.45, 7) is 0. The van der Waals surface area contributed by atoms with Gasteiger partial charge in [-0.25, -0.2) is 0 Å². The van der Waals surface area contributed by atoms with Gasteiger partial charge in [0.15, 0.2) is 0 Å². The van der Waals surface area contributed by atoms with Gasteiger partial charge in [-0.2, -0.15) is 0 Å². The van der Waals surface area contributed by atoms with Crippen molar-refractivity contribution in [2.45, 2.75) is 0 Å². The number of para-hydroxylation sites is 3. The molecule has 3 aromatic heterocycles. The smallest absolute Gasteiger partial charge is 0.0548 e. The zero-order chi connectivity index (χ0) is 29.2. The Hall–Kier alpha value is -5.64. The lowest BCUT2D eigenvalue weighted by molar-refractivity contribution is 1.18. The minimum Gasteiger partial charge on any atom is -0.309 e. The molecule has 0 fully saturated rings. The van der Waals surface area contributed by atoms with Crippen LogP contribution in [0.5, 0.6) is 0 Å². The topological polar surface area (TPSA) is 9.86 Å². The average molecular weight is 589 g/mol. The van der Waals surface area contributed by atoms with Crippen LogP contribution in [0.2, 0.25) is 0 Å². The van der Waals surface area contributed by atoms with E-state index in [1.807, 2.05) is 11.3 Å². The number of rotatable bonds is 2. The SMILES string of the molecule is c1ccc(-n2c3ccccc3c3cc4c(cc32)c2ccccc2n4-c2cc3sc4cccc5c6ccccc6c(c2)c3c45)cc1. The molecule has 0 unspecified atom stereocenters. The van der Waals surface area contributed by atoms with E-state index >= 15 is 0 Å². The number of thiophene rings is 1. The highest BCUT2D eigenvalue weighted by atomic mass is 32.1. The summed E-state index contributed by atoms with van der Waals surface area (Å²) in [4.78, 5) is 0. The minimum atomic E-state index is 1.18. The van der Waals surface area contributed by atoms with Crippen molar-refractivity contribution in [3.05, 3.63) is 146 Å². The molecule has 0 spiro atoms. The molecule has 0 N–H and O–H groups in total. The van der Waals surface area contributed by atoms with E-state index in [2.05, 4.69) is 155 Å². The van der Waals surface area contributed by atoms with E-state index in [1.54, 1.807) is 0 Å². The zero-order valence-electron chi connectivity index (χ0n) is 24.2. The van der Waals surface area contributed by atoms with Gasteiger partial charge in [0.2, 0.25) is 0 Å². The van der Waals surface area contributed by atoms with E-state index < -0.39 is 0 Å². The first kappa shape index (κ1) is 23.8. The van der Waals surface area contributed by atoms with Gasteiger partial charge in [-0.1, -0.05) is 91.0 Å². The van der Waals surface area contributed by atoms with Crippen molar-refractivity contribution in [2.75, 3.05) is 0 Å². The van der Waals surface area contributed by atoms with Crippen molar-refractivity contribution >= 4 is 96.7 Å². The fourth-order valence-corrected chi connectivity index (χ4v) is 9.21. The first-order valence-electron chi connectivity index (χ1n) is 15.4. The quantitative estimate of drug-likeness (QED) is 0.178. The third-order valence-electron chi connectivity index (χ3n) is 9.83. The number of benzene rings is 8. The van der Waals surface area contributed by atoms with Gasteiger partial charge in [0.05, 0.1) is 22.1 Å². The first-order chi connectivity index (χ1) is 22.3. The minimum absolute atomic E-state index is 1.18. The molecule has 0 amide bonds. The van der Waals surface area contributed by atoms with Crippen molar-refractivity contribution in [3.8, 4) is 11.4 Å². The fourth-order valence-electron chi connectivity index (χ4n) is 8.01. The molecule has 0 saturated carbocycles. The summed E-state index contributed by atoms with van der Waals surface area (Å²) in [5.74, 6) is 0. The molecule has 0 atom stereocenters. The van der Waals surface area contributed by atoms with Crippen molar-refractivity contribution in [2.24, 2.45) is 0 Å². The van der Waals surface area contributed by atoms with Gasteiger partial charge in [-0.05, 0) is 76.1 Å². The Bertz CT molecular complexity index is 2970. The highest BCUT2D eigenvalue weighted by Gasteiger charge is 2.21. The summed E-state index contributed by atoms with van der Waals surface area (Å²) in [7, 11) is 0. The molecular formula is C42H24N2S. The summed E-state index contributed by atoms with van der Waals surface area (Å²) in [6.07, 6.45) is 0. The highest BCUT2D eigenvalue weighted by molar-refractivity contribution is 7.26. The zero-order valence-corrected chi connectivity index (χ0v) is 25.0. The summed E-state index contributed by atoms with van der Waals surface area (Å²) in [5, 5.41) is 13.2. The van der Waals surface area contributed by atoms with Crippen LogP contribution in [0.25, 0.3) is 96.7 Å². The Kier molecular flexibility index (Phi) is 4.49. The van der Waals surface area contributed by atoms with E-state index in [1.165, 1.54) is 96.7 Å². The van der Waals surface area contributed by atoms with E-state index in [9.17, 15) is 0 Å². The Morgan fingerprint density at radius 2 is 0.844 bits per heavy atom. The normalized spacial score (nSPS) is 12.4. The Balaban J connectivity index is 1.31. The molecule has 0 radical (unpaired) electrons. The van der Waals surface area contributed by atoms with Crippen molar-refractivity contribution in [1.29, 1.82) is 0 Å². The van der Waals surface area contributed by atoms with E-state index in [-0.39, 0.29) is 0 Å². The molecule has 0 bridgehead atoms. The van der Waals surface area contributed by atoms with Crippen molar-refractivity contribution < 1.29 is 0 Å². The second-order valence-corrected chi connectivity index (χ2v) is 13.2. The van der Waals surface area contributed by atoms with Gasteiger partial charge in [0, 0.05) is 53.1 Å². The van der Waals surface area contributed by atoms with Crippen LogP contribution in [0.3, 0.4) is 0 Å². The standard InChI is InChI=1S/C42H24N2S/c1-2-11-25(12-3-1)43-35-18-8-6-15-29(35)32-24-38-33(23-37(32)43)30-16-7-9-19-36(30)44(38)26-21-34-28-14-5-4-13-27(28)31-17-10-20-39-41(31)42(34)40(22-26)45-39/h1-24H. The number of nitrogens with zero attached hydrogens (tertiary/aromatic N) is 2. The van der Waals surface area contributed by atoms with Crippen LogP contribution in [-0.4, -0.2) is 9.13 Å². The highest BCUT2D eigenvalue weighted by Crippen LogP contribution is 2.47. The van der Waals surface area contributed by atoms with Crippen LogP contribution in [-0.2, 0) is 0 Å². The molecule has 2 nitrogen and oxygen atoms in total. The molecule has 3 heterocycles. The van der Waals surface area contributed by atoms with Crippen LogP contribution >= 0.6 is 11.3 Å². The first-order valence-corrected chi connectivity index (χ1v) is 16.3. The van der Waals surface area contributed by atoms with Gasteiger partial charge >= 0.3 is 0 Å². The van der Waals surface area contributed by atoms with E-state index in [0.717, 1.165) is 0 Å². The molecule has 208 valence electrons. The van der Waals surface area contributed by atoms with Crippen LogP contribution in [0, 0.1) is 0 Å². The third kappa shape index (κ3) is 3.03. The lowest BCUT2D eigenvalue weighted by atomic mass is 9.94. The van der Waals surface area contributed by atoms with Gasteiger partial charge in [-0.3, -0.25) is 0 Å². The Labute approximate surface area is 261 Å². The van der Waals surface area contributed by atoms with Gasteiger partial charge in [-0.15, -0.1) is 11.3 Å². The predicted octanol–water partition coefficient (Wildman–Crippen LogP) is 12.0. The summed E-state index contributed by atoms with van der Waals surface area (Å²) in [6, 6.07) is 53.8. The number of fused-ring (bicyclic) bond motifs is 9. The van der Waals surface area contributed by atoms with Gasteiger partial charge in [0.1, 0.15) is 0 Å². The average Bonchev–Trinajstić information content (AvgIpc) is 3.74. The predicted molar refractivity (Wildman–Crippen MR) is 194 cm³/mol. The number of aromatic nitrogens is 2. The Morgan fingerprint density at radius 1 is 0.311 bits per heavy atom. The molecular weight excluding hydrogens is 565 g/mol. The number of hydrogen-bond acceptors (Lipinski definition) is 1. The molecule has 0 saturated heterocycles. The van der Waals surface area contributed by atoms with Crippen molar-refractivity contribution in [3.63, 3.8) is 0 Å². The molecule has 3 heteroatoms. The largest absolute Gasteiger partial charge is 0.309 e. The second-order valence-electron chi connectivity index (χ2n) is 12.1. The summed E-state index contributed by atoms with van der Waals surface area (Å²) < 4.78 is 7.61. The summed E-state index contributed by atoms with van der Waals surface area (Å²) >= 11 is 1.91. The van der Waals surface area contributed by atoms with Gasteiger partial charge in [0.25, 0.3) is 0 Å². The maximum atomic E-state index is 2.50. The molecule has 0 aliphatic heterocycles. The van der Waals surface area contributed by atoms with E-state index in [4.69, 9.17) is 0 Å². The molecule has 8 aromatic carbocycles. The lowest BCUT2D eigenvalue weighted by Gasteiger charge is -2.13. The van der Waals surface area contributed by atoms with Gasteiger partial charge < -0.3 is 9.13 Å². The Morgan fingerprint density at radius 3 is 1.53 bits per heavy atom. The van der Waals surface area contributed by atoms with E-state index in [0.29, 0.717) is 0 Å². The fraction of sp³-hybridized carbons (Fsp3) is 0. The van der Waals surface area contributed by atoms with Crippen molar-refractivity contribution in [1.82, 2.24) is 9.13 Å². The lowest BCUT2D eigenvalue weighted by Crippen LogP contribution is -1.95. The second kappa shape index (κ2) is 8.50. The van der Waals surface area contributed by atoms with Crippen LogP contribution in [0.15, 0.2) is 146 Å². The molecule has 0 aliphatic carbocycles. The van der Waals surface area contributed by atoms with Crippen LogP contribution in [0.1, 0.15) is 0 Å². The number of hydrogen-bond donors (Lipinski definition) is 0. The molecule has 0 aliphatic rings.